The first-order chi connectivity index (χ1) is 6.74. The lowest BCUT2D eigenvalue weighted by Gasteiger charge is -2.24. The molecule has 1 aliphatic rings. The minimum absolute atomic E-state index is 0.147. The van der Waals surface area contributed by atoms with Gasteiger partial charge in [-0.2, -0.15) is 0 Å². The molecular formula is C11H14N2O. The summed E-state index contributed by atoms with van der Waals surface area (Å²) < 4.78 is 0. The summed E-state index contributed by atoms with van der Waals surface area (Å²) in [5, 5.41) is 1.97. The van der Waals surface area contributed by atoms with E-state index in [1.165, 1.54) is 0 Å². The van der Waals surface area contributed by atoms with Crippen molar-refractivity contribution in [3.63, 3.8) is 0 Å². The smallest absolute Gasteiger partial charge is 0.143 e. The van der Waals surface area contributed by atoms with E-state index in [2.05, 4.69) is 19.3 Å². The Kier molecular flexibility index (Phi) is 2.25. The van der Waals surface area contributed by atoms with Gasteiger partial charge in [-0.3, -0.25) is 0 Å². The van der Waals surface area contributed by atoms with Crippen LogP contribution in [0.4, 0.5) is 5.69 Å². The minimum Gasteiger partial charge on any atom is -0.317 e. The molecule has 14 heavy (non-hydrogen) atoms. The van der Waals surface area contributed by atoms with Gasteiger partial charge in [-0.05, 0) is 19.9 Å². The molecule has 1 unspecified atom stereocenters. The van der Waals surface area contributed by atoms with E-state index in [1.807, 2.05) is 29.3 Å². The number of benzene rings is 1. The fraction of sp³-hybridized carbons (Fsp3) is 0.364. The quantitative estimate of drug-likeness (QED) is 0.724. The van der Waals surface area contributed by atoms with E-state index in [1.54, 1.807) is 0 Å². The van der Waals surface area contributed by atoms with Gasteiger partial charge in [0.25, 0.3) is 0 Å². The van der Waals surface area contributed by atoms with Crippen LogP contribution in [-0.4, -0.2) is 17.3 Å². The molecule has 0 spiro atoms. The van der Waals surface area contributed by atoms with E-state index >= 15 is 0 Å². The summed E-state index contributed by atoms with van der Waals surface area (Å²) >= 11 is 0. The Bertz CT molecular complexity index is 349. The van der Waals surface area contributed by atoms with Gasteiger partial charge in [-0.25, -0.2) is 5.01 Å². The summed E-state index contributed by atoms with van der Waals surface area (Å²) in [6, 6.07) is 8.07. The second kappa shape index (κ2) is 3.42. The van der Waals surface area contributed by atoms with Crippen LogP contribution in [0.15, 0.2) is 24.3 Å². The molecule has 2 rings (SSSR count). The number of fused-ring (bicyclic) bond motifs is 1. The van der Waals surface area contributed by atoms with Crippen molar-refractivity contribution in [1.29, 1.82) is 0 Å². The van der Waals surface area contributed by atoms with Gasteiger partial charge in [0.1, 0.15) is 12.3 Å². The summed E-state index contributed by atoms with van der Waals surface area (Å²) in [6.45, 7) is 4.13. The maximum atomic E-state index is 11.0. The molecule has 0 radical (unpaired) electrons. The number of para-hydroxylation sites is 1. The molecule has 0 fully saturated rings. The van der Waals surface area contributed by atoms with Crippen molar-refractivity contribution in [2.24, 2.45) is 0 Å². The van der Waals surface area contributed by atoms with Gasteiger partial charge in [0.15, 0.2) is 0 Å². The molecule has 1 N–H and O–H groups in total. The molecule has 0 aromatic heterocycles. The Balaban J connectivity index is 2.38. The molecule has 0 aliphatic carbocycles. The van der Waals surface area contributed by atoms with Gasteiger partial charge in [0.05, 0.1) is 5.69 Å². The van der Waals surface area contributed by atoms with E-state index in [9.17, 15) is 4.79 Å². The molecule has 0 amide bonds. The first-order valence-electron chi connectivity index (χ1n) is 4.83. The predicted molar refractivity (Wildman–Crippen MR) is 55.8 cm³/mol. The lowest BCUT2D eigenvalue weighted by atomic mass is 10.1. The van der Waals surface area contributed by atoms with Crippen molar-refractivity contribution in [1.82, 2.24) is 5.01 Å². The van der Waals surface area contributed by atoms with Crippen molar-refractivity contribution < 1.29 is 4.79 Å². The number of hydrazine groups is 1. The monoisotopic (exact) mass is 190 g/mol. The van der Waals surface area contributed by atoms with Crippen LogP contribution < -0.4 is 5.43 Å². The number of hydrogen-bond acceptors (Lipinski definition) is 3. The van der Waals surface area contributed by atoms with Crippen LogP contribution in [-0.2, 0) is 4.79 Å². The summed E-state index contributed by atoms with van der Waals surface area (Å²) in [5.74, 6) is 0. The van der Waals surface area contributed by atoms with Gasteiger partial charge in [0, 0.05) is 11.6 Å². The molecule has 1 heterocycles. The summed E-state index contributed by atoms with van der Waals surface area (Å²) in [5.41, 5.74) is 5.34. The van der Waals surface area contributed by atoms with Crippen LogP contribution in [0, 0.1) is 0 Å². The first kappa shape index (κ1) is 9.21. The molecule has 1 aliphatic heterocycles. The molecular weight excluding hydrogens is 176 g/mol. The van der Waals surface area contributed by atoms with E-state index < -0.39 is 0 Å². The largest absolute Gasteiger partial charge is 0.317 e. The molecule has 0 saturated heterocycles. The third-order valence-corrected chi connectivity index (χ3v) is 2.51. The third kappa shape index (κ3) is 1.30. The number of hydrogen-bond donors (Lipinski definition) is 1. The van der Waals surface area contributed by atoms with Crippen LogP contribution in [0.1, 0.15) is 25.5 Å². The van der Waals surface area contributed by atoms with Gasteiger partial charge >= 0.3 is 0 Å². The molecule has 1 aromatic carbocycles. The molecule has 74 valence electrons. The first-order valence-corrected chi connectivity index (χ1v) is 4.83. The van der Waals surface area contributed by atoms with Gasteiger partial charge in [-0.15, -0.1) is 0 Å². The number of rotatable bonds is 2. The second-order valence-electron chi connectivity index (χ2n) is 3.78. The SMILES string of the molecule is CC(C)N1Nc2ccccc2C1C=O. The van der Waals surface area contributed by atoms with E-state index in [0.29, 0.717) is 6.04 Å². The van der Waals surface area contributed by atoms with E-state index in [-0.39, 0.29) is 6.04 Å². The summed E-state index contributed by atoms with van der Waals surface area (Å²) in [4.78, 5) is 11.0. The Labute approximate surface area is 83.7 Å². The Morgan fingerprint density at radius 2 is 2.14 bits per heavy atom. The Morgan fingerprint density at radius 3 is 2.79 bits per heavy atom. The van der Waals surface area contributed by atoms with E-state index in [4.69, 9.17) is 0 Å². The van der Waals surface area contributed by atoms with E-state index in [0.717, 1.165) is 17.5 Å². The average molecular weight is 190 g/mol. The van der Waals surface area contributed by atoms with Crippen molar-refractivity contribution >= 4 is 12.0 Å². The van der Waals surface area contributed by atoms with Crippen LogP contribution in [0.2, 0.25) is 0 Å². The van der Waals surface area contributed by atoms with Gasteiger partial charge in [0.2, 0.25) is 0 Å². The van der Waals surface area contributed by atoms with Crippen molar-refractivity contribution in [3.05, 3.63) is 29.8 Å². The maximum Gasteiger partial charge on any atom is 0.143 e. The highest BCUT2D eigenvalue weighted by Crippen LogP contribution is 2.34. The van der Waals surface area contributed by atoms with Crippen molar-refractivity contribution in [3.8, 4) is 0 Å². The second-order valence-corrected chi connectivity index (χ2v) is 3.78. The Morgan fingerprint density at radius 1 is 1.43 bits per heavy atom. The zero-order chi connectivity index (χ0) is 10.1. The van der Waals surface area contributed by atoms with Crippen LogP contribution in [0.25, 0.3) is 0 Å². The molecule has 1 atom stereocenters. The Hall–Kier alpha value is -1.35. The van der Waals surface area contributed by atoms with Gasteiger partial charge in [-0.1, -0.05) is 18.2 Å². The zero-order valence-corrected chi connectivity index (χ0v) is 8.40. The average Bonchev–Trinajstić information content (AvgIpc) is 2.56. The standard InChI is InChI=1S/C11H14N2O/c1-8(2)13-11(7-14)9-5-3-4-6-10(9)12-13/h3-8,11-12H,1-2H3. The lowest BCUT2D eigenvalue weighted by Crippen LogP contribution is -2.35. The van der Waals surface area contributed by atoms with Crippen LogP contribution >= 0.6 is 0 Å². The van der Waals surface area contributed by atoms with Crippen LogP contribution in [0.5, 0.6) is 0 Å². The highest BCUT2D eigenvalue weighted by molar-refractivity contribution is 5.71. The van der Waals surface area contributed by atoms with Crippen LogP contribution in [0.3, 0.4) is 0 Å². The number of carbonyl (C=O) groups excluding carboxylic acids is 1. The van der Waals surface area contributed by atoms with Crippen molar-refractivity contribution in [2.45, 2.75) is 25.9 Å². The number of nitrogens with one attached hydrogen (secondary N) is 1. The maximum absolute atomic E-state index is 11.0. The molecule has 0 bridgehead atoms. The summed E-state index contributed by atoms with van der Waals surface area (Å²) in [6.07, 6.45) is 0.985. The highest BCUT2D eigenvalue weighted by Gasteiger charge is 2.30. The predicted octanol–water partition coefficient (Wildman–Crippen LogP) is 1.98. The molecule has 3 heteroatoms. The van der Waals surface area contributed by atoms with Crippen molar-refractivity contribution in [2.75, 3.05) is 5.43 Å². The fourth-order valence-electron chi connectivity index (χ4n) is 1.80. The number of carbonyl (C=O) groups is 1. The topological polar surface area (TPSA) is 32.3 Å². The van der Waals surface area contributed by atoms with Gasteiger partial charge < -0.3 is 10.2 Å². The third-order valence-electron chi connectivity index (χ3n) is 2.51. The molecule has 0 saturated carbocycles. The number of anilines is 1. The number of aldehydes is 1. The minimum atomic E-state index is -0.147. The molecule has 3 nitrogen and oxygen atoms in total. The summed E-state index contributed by atoms with van der Waals surface area (Å²) in [7, 11) is 0. The number of nitrogens with zero attached hydrogens (tertiary/aromatic N) is 1. The fourth-order valence-corrected chi connectivity index (χ4v) is 1.80. The lowest BCUT2D eigenvalue weighted by molar-refractivity contribution is -0.112. The zero-order valence-electron chi connectivity index (χ0n) is 8.40. The molecule has 1 aromatic rings. The normalized spacial score (nSPS) is 20.6. The highest BCUT2D eigenvalue weighted by atomic mass is 16.1.